The average Bonchev–Trinajstić information content (AvgIpc) is 3.02. The monoisotopic (exact) mass is 760 g/mol. The van der Waals surface area contributed by atoms with E-state index in [1.165, 1.54) is 30.2 Å². The van der Waals surface area contributed by atoms with E-state index in [1.807, 2.05) is 11.8 Å². The molecule has 284 valence electrons. The zero-order chi connectivity index (χ0) is 37.3. The van der Waals surface area contributed by atoms with E-state index in [0.717, 1.165) is 32.1 Å². The van der Waals surface area contributed by atoms with E-state index in [0.29, 0.717) is 53.8 Å². The molecule has 7 nitrogen and oxygen atoms in total. The molecule has 0 aromatic heterocycles. The topological polar surface area (TPSA) is 82.5 Å². The van der Waals surface area contributed by atoms with Crippen molar-refractivity contribution in [2.24, 2.45) is 5.92 Å². The first-order valence-electron chi connectivity index (χ1n) is 15.5. The van der Waals surface area contributed by atoms with Crippen LogP contribution in [0, 0.1) is 5.92 Å². The lowest BCUT2D eigenvalue weighted by molar-refractivity contribution is -0.274. The normalized spacial score (nSPS) is 13.7. The van der Waals surface area contributed by atoms with Crippen LogP contribution in [0.4, 0.5) is 55.7 Å². The Hall–Kier alpha value is -4.21. The first kappa shape index (κ1) is 43.0. The molecule has 3 aromatic rings. The van der Waals surface area contributed by atoms with Crippen molar-refractivity contribution in [1.82, 2.24) is 0 Å². The summed E-state index contributed by atoms with van der Waals surface area (Å²) in [5.41, 5.74) is -1.85. The van der Waals surface area contributed by atoms with Gasteiger partial charge in [-0.2, -0.15) is 26.3 Å². The van der Waals surface area contributed by atoms with Crippen LogP contribution in [0.15, 0.2) is 60.7 Å². The molecule has 0 saturated heterocycles. The van der Waals surface area contributed by atoms with Crippen molar-refractivity contribution < 1.29 is 64.0 Å². The lowest BCUT2D eigenvalue weighted by Crippen LogP contribution is -2.32. The largest absolute Gasteiger partial charge is 0.573 e. The highest BCUT2D eigenvalue weighted by atomic mass is 35.5. The minimum atomic E-state index is -5.04. The molecule has 0 spiro atoms. The molecule has 1 saturated carbocycles. The number of rotatable bonds is 11. The van der Waals surface area contributed by atoms with Crippen molar-refractivity contribution in [2.45, 2.75) is 70.8 Å². The van der Waals surface area contributed by atoms with E-state index in [-0.39, 0.29) is 30.6 Å². The van der Waals surface area contributed by atoms with Gasteiger partial charge in [0.15, 0.2) is 0 Å². The van der Waals surface area contributed by atoms with E-state index in [2.05, 4.69) is 4.74 Å². The highest BCUT2D eigenvalue weighted by Gasteiger charge is 2.37. The molecule has 0 aliphatic heterocycles. The predicted octanol–water partition coefficient (Wildman–Crippen LogP) is 10.9. The lowest BCUT2D eigenvalue weighted by Gasteiger charge is -2.34. The van der Waals surface area contributed by atoms with Crippen LogP contribution in [0.1, 0.15) is 61.3 Å². The maximum atomic E-state index is 13.7. The molecular formula is C34H38ClF9N2O5. The number of alkyl halides is 9. The van der Waals surface area contributed by atoms with Gasteiger partial charge in [0, 0.05) is 37.6 Å². The SMILES string of the molecule is CCN(CC1CCCCC1)c1ccc(OC(F)(F)F)cc1CN(Cc1cc(C(F)(F)F)cc(C(F)(F)F)c1)c1ccc(OC)cc1.Cl.O=C(O)O. The number of hydrogen-bond donors (Lipinski definition) is 2. The van der Waals surface area contributed by atoms with Crippen LogP contribution in [0.2, 0.25) is 0 Å². The second kappa shape index (κ2) is 18.3. The number of nitrogens with zero attached hydrogens (tertiary/aromatic N) is 2. The molecule has 2 N–H and O–H groups in total. The van der Waals surface area contributed by atoms with E-state index in [9.17, 15) is 39.5 Å². The van der Waals surface area contributed by atoms with Gasteiger partial charge in [0.1, 0.15) is 11.5 Å². The van der Waals surface area contributed by atoms with E-state index in [4.69, 9.17) is 19.7 Å². The van der Waals surface area contributed by atoms with Gasteiger partial charge in [-0.3, -0.25) is 0 Å². The van der Waals surface area contributed by atoms with Crippen LogP contribution in [0.25, 0.3) is 0 Å². The van der Waals surface area contributed by atoms with Gasteiger partial charge in [-0.15, -0.1) is 25.6 Å². The van der Waals surface area contributed by atoms with Crippen molar-refractivity contribution in [3.8, 4) is 11.5 Å². The van der Waals surface area contributed by atoms with Gasteiger partial charge in [0.05, 0.1) is 18.2 Å². The number of ether oxygens (including phenoxy) is 2. The maximum Gasteiger partial charge on any atom is 0.573 e. The molecule has 0 atom stereocenters. The molecule has 0 heterocycles. The molecular weight excluding hydrogens is 723 g/mol. The number of carboxylic acid groups (broad SMARTS) is 2. The quantitative estimate of drug-likeness (QED) is 0.188. The van der Waals surface area contributed by atoms with Crippen LogP contribution >= 0.6 is 12.4 Å². The summed E-state index contributed by atoms with van der Waals surface area (Å²) in [7, 11) is 1.43. The van der Waals surface area contributed by atoms with Gasteiger partial charge < -0.3 is 29.5 Å². The third kappa shape index (κ3) is 13.8. The van der Waals surface area contributed by atoms with E-state index >= 15 is 0 Å². The smallest absolute Gasteiger partial charge is 0.497 e. The summed E-state index contributed by atoms with van der Waals surface area (Å²) < 4.78 is 131. The van der Waals surface area contributed by atoms with E-state index in [1.54, 1.807) is 24.3 Å². The van der Waals surface area contributed by atoms with Crippen molar-refractivity contribution in [3.63, 3.8) is 0 Å². The van der Waals surface area contributed by atoms with Gasteiger partial charge >= 0.3 is 24.9 Å². The highest BCUT2D eigenvalue weighted by Crippen LogP contribution is 2.38. The van der Waals surface area contributed by atoms with Crippen molar-refractivity contribution in [3.05, 3.63) is 82.9 Å². The number of carbonyl (C=O) groups is 1. The molecule has 4 rings (SSSR count). The van der Waals surface area contributed by atoms with Crippen molar-refractivity contribution in [2.75, 3.05) is 30.0 Å². The number of hydrogen-bond acceptors (Lipinski definition) is 5. The fourth-order valence-electron chi connectivity index (χ4n) is 5.84. The van der Waals surface area contributed by atoms with Crippen LogP contribution in [0.5, 0.6) is 11.5 Å². The molecule has 0 amide bonds. The Morgan fingerprint density at radius 2 is 1.29 bits per heavy atom. The Bertz CT molecular complexity index is 1510. The summed E-state index contributed by atoms with van der Waals surface area (Å²) in [6.07, 6.45) is -11.6. The third-order valence-corrected chi connectivity index (χ3v) is 8.03. The lowest BCUT2D eigenvalue weighted by atomic mass is 9.88. The minimum Gasteiger partial charge on any atom is -0.497 e. The first-order valence-corrected chi connectivity index (χ1v) is 15.5. The molecule has 17 heteroatoms. The summed E-state index contributed by atoms with van der Waals surface area (Å²) in [6, 6.07) is 11.6. The molecule has 51 heavy (non-hydrogen) atoms. The van der Waals surface area contributed by atoms with Gasteiger partial charge in [-0.05, 0) is 97.5 Å². The second-order valence-corrected chi connectivity index (χ2v) is 11.6. The fourth-order valence-corrected chi connectivity index (χ4v) is 5.84. The summed E-state index contributed by atoms with van der Waals surface area (Å²) in [6.45, 7) is 2.50. The molecule has 3 aromatic carbocycles. The minimum absolute atomic E-state index is 0. The summed E-state index contributed by atoms with van der Waals surface area (Å²) in [4.78, 5) is 12.1. The number of methoxy groups -OCH3 is 1. The van der Waals surface area contributed by atoms with Crippen LogP contribution in [-0.4, -0.2) is 42.9 Å². The molecule has 1 fully saturated rings. The number of anilines is 2. The maximum absolute atomic E-state index is 13.7. The summed E-state index contributed by atoms with van der Waals surface area (Å²) >= 11 is 0. The number of benzene rings is 3. The molecule has 0 unspecified atom stereocenters. The Balaban J connectivity index is 0.00000171. The van der Waals surface area contributed by atoms with Gasteiger partial charge in [-0.25, -0.2) is 4.79 Å². The standard InChI is InChI=1S/C33H35F9N2O2.CH2O3.ClH/c1-3-43(19-22-7-5-4-6-8-22)30-14-13-29(46-33(40,41)42)17-24(30)21-44(27-9-11-28(45-2)12-10-27)20-23-15-25(31(34,35)36)18-26(16-23)32(37,38)39;2-1(3)4;/h9-18,22H,3-8,19-21H2,1-2H3;(H2,2,3,4);1H. The van der Waals surface area contributed by atoms with Gasteiger partial charge in [0.2, 0.25) is 0 Å². The number of halogens is 10. The highest BCUT2D eigenvalue weighted by molar-refractivity contribution is 5.85. The Labute approximate surface area is 295 Å². The van der Waals surface area contributed by atoms with Crippen molar-refractivity contribution >= 4 is 29.9 Å². The molecule has 1 aliphatic rings. The average molecular weight is 761 g/mol. The van der Waals surface area contributed by atoms with Crippen LogP contribution < -0.4 is 19.3 Å². The molecule has 0 bridgehead atoms. The molecule has 1 aliphatic carbocycles. The predicted molar refractivity (Wildman–Crippen MR) is 175 cm³/mol. The molecule has 0 radical (unpaired) electrons. The van der Waals surface area contributed by atoms with Gasteiger partial charge in [-0.1, -0.05) is 19.3 Å². The second-order valence-electron chi connectivity index (χ2n) is 11.6. The van der Waals surface area contributed by atoms with Crippen LogP contribution in [0.3, 0.4) is 0 Å². The zero-order valence-corrected chi connectivity index (χ0v) is 28.4. The Morgan fingerprint density at radius 1 is 0.765 bits per heavy atom. The van der Waals surface area contributed by atoms with Crippen molar-refractivity contribution in [1.29, 1.82) is 0 Å². The van der Waals surface area contributed by atoms with Gasteiger partial charge in [0.25, 0.3) is 0 Å². The fraction of sp³-hybridized carbons (Fsp3) is 0.441. The zero-order valence-electron chi connectivity index (χ0n) is 27.5. The summed E-state index contributed by atoms with van der Waals surface area (Å²) in [5.74, 6) is 0.331. The Kier molecular flexibility index (Phi) is 15.4. The van der Waals surface area contributed by atoms with E-state index < -0.39 is 48.3 Å². The Morgan fingerprint density at radius 3 is 1.76 bits per heavy atom. The third-order valence-electron chi connectivity index (χ3n) is 8.03. The first-order chi connectivity index (χ1) is 23.3. The van der Waals surface area contributed by atoms with Crippen LogP contribution in [-0.2, 0) is 25.4 Å². The summed E-state index contributed by atoms with van der Waals surface area (Å²) in [5, 5.41) is 13.9.